The van der Waals surface area contributed by atoms with E-state index in [9.17, 15) is 5.11 Å². The molecule has 0 aliphatic rings. The average Bonchev–Trinajstić information content (AvgIpc) is 2.57. The number of nitrogens with zero attached hydrogens (tertiary/aromatic N) is 4. The van der Waals surface area contributed by atoms with E-state index in [0.29, 0.717) is 41.1 Å². The maximum absolute atomic E-state index is 9.88. The highest BCUT2D eigenvalue weighted by atomic mass is 35.5. The molecule has 5 N–H and O–H groups in total. The minimum atomic E-state index is -0.871. The Kier molecular flexibility index (Phi) is 7.58. The summed E-state index contributed by atoms with van der Waals surface area (Å²) in [7, 11) is 3.57. The van der Waals surface area contributed by atoms with Gasteiger partial charge in [0, 0.05) is 26.7 Å². The van der Waals surface area contributed by atoms with E-state index in [1.165, 1.54) is 0 Å². The fraction of sp³-hybridized carbons (Fsp3) is 0.625. The van der Waals surface area contributed by atoms with Gasteiger partial charge in [0.25, 0.3) is 0 Å². The van der Waals surface area contributed by atoms with Gasteiger partial charge in [0.05, 0.1) is 5.60 Å². The van der Waals surface area contributed by atoms with Gasteiger partial charge in [0.15, 0.2) is 11.6 Å². The van der Waals surface area contributed by atoms with Gasteiger partial charge in [-0.2, -0.15) is 9.97 Å². The average molecular weight is 385 g/mol. The second-order valence-electron chi connectivity index (χ2n) is 6.61. The predicted molar refractivity (Wildman–Crippen MR) is 110 cm³/mol. The molecular formula is C16H29ClN8O. The number of hydrogen-bond donors (Lipinski definition) is 5. The van der Waals surface area contributed by atoms with Crippen molar-refractivity contribution in [2.75, 3.05) is 41.9 Å². The molecule has 0 radical (unpaired) electrons. The number of rotatable bonds is 8. The Hall–Kier alpha value is -2.13. The van der Waals surface area contributed by atoms with Gasteiger partial charge in [-0.25, -0.2) is 9.97 Å². The van der Waals surface area contributed by atoms with Crippen molar-refractivity contribution in [3.63, 3.8) is 0 Å². The molecule has 2 aromatic rings. The van der Waals surface area contributed by atoms with Gasteiger partial charge in [-0.05, 0) is 27.2 Å². The molecule has 0 fully saturated rings. The van der Waals surface area contributed by atoms with Crippen LogP contribution in [0, 0.1) is 0 Å². The first-order valence-corrected chi connectivity index (χ1v) is 8.45. The van der Waals surface area contributed by atoms with Crippen molar-refractivity contribution < 1.29 is 5.11 Å². The van der Waals surface area contributed by atoms with Crippen molar-refractivity contribution in [2.45, 2.75) is 45.8 Å². The van der Waals surface area contributed by atoms with Gasteiger partial charge in [-0.15, -0.1) is 12.4 Å². The number of aliphatic hydroxyl groups is 1. The van der Waals surface area contributed by atoms with Crippen LogP contribution >= 0.6 is 12.4 Å². The Morgan fingerprint density at radius 3 is 1.92 bits per heavy atom. The fourth-order valence-electron chi connectivity index (χ4n) is 2.13. The molecule has 9 nitrogen and oxygen atoms in total. The minimum Gasteiger partial charge on any atom is -0.389 e. The molecule has 10 heteroatoms. The lowest BCUT2D eigenvalue weighted by molar-refractivity contribution is 0.0943. The van der Waals surface area contributed by atoms with Crippen LogP contribution in [0.25, 0.3) is 11.0 Å². The van der Waals surface area contributed by atoms with E-state index in [2.05, 4.69) is 55.1 Å². The second-order valence-corrected chi connectivity index (χ2v) is 6.61. The molecule has 2 rings (SSSR count). The molecule has 0 spiro atoms. The van der Waals surface area contributed by atoms with E-state index in [1.807, 2.05) is 0 Å². The molecule has 146 valence electrons. The summed E-state index contributed by atoms with van der Waals surface area (Å²) in [5, 5.41) is 22.3. The summed E-state index contributed by atoms with van der Waals surface area (Å²) in [4.78, 5) is 18.0. The largest absolute Gasteiger partial charge is 0.389 e. The summed E-state index contributed by atoms with van der Waals surface area (Å²) >= 11 is 0. The van der Waals surface area contributed by atoms with Crippen LogP contribution in [0.15, 0.2) is 0 Å². The number of nitrogens with one attached hydrogen (secondary N) is 4. The maximum atomic E-state index is 9.88. The number of hydrogen-bond acceptors (Lipinski definition) is 9. The van der Waals surface area contributed by atoms with Crippen molar-refractivity contribution >= 4 is 47.0 Å². The first-order chi connectivity index (χ1) is 11.8. The Morgan fingerprint density at radius 2 is 1.46 bits per heavy atom. The number of fused-ring (bicyclic) bond motifs is 1. The van der Waals surface area contributed by atoms with Gasteiger partial charge in [0.2, 0.25) is 11.9 Å². The van der Waals surface area contributed by atoms with Gasteiger partial charge in [-0.1, -0.05) is 6.92 Å². The lowest BCUT2D eigenvalue weighted by Gasteiger charge is -2.19. The summed E-state index contributed by atoms with van der Waals surface area (Å²) < 4.78 is 0. The van der Waals surface area contributed by atoms with E-state index in [-0.39, 0.29) is 18.4 Å². The van der Waals surface area contributed by atoms with Crippen molar-refractivity contribution in [2.24, 2.45) is 0 Å². The van der Waals surface area contributed by atoms with Crippen molar-refractivity contribution in [1.82, 2.24) is 19.9 Å². The molecule has 2 aromatic heterocycles. The van der Waals surface area contributed by atoms with Crippen LogP contribution < -0.4 is 21.3 Å². The van der Waals surface area contributed by atoms with Gasteiger partial charge >= 0.3 is 0 Å². The number of aromatic nitrogens is 4. The zero-order chi connectivity index (χ0) is 18.6. The molecule has 0 aliphatic carbocycles. The quantitative estimate of drug-likeness (QED) is 0.466. The summed E-state index contributed by atoms with van der Waals surface area (Å²) in [5.74, 6) is 2.14. The Bertz CT molecular complexity index is 734. The molecule has 0 aromatic carbocycles. The van der Waals surface area contributed by atoms with Crippen LogP contribution in [-0.4, -0.2) is 57.3 Å². The van der Waals surface area contributed by atoms with Crippen LogP contribution in [0.2, 0.25) is 0 Å². The Labute approximate surface area is 160 Å². The monoisotopic (exact) mass is 384 g/mol. The van der Waals surface area contributed by atoms with Crippen molar-refractivity contribution in [3.8, 4) is 0 Å². The first kappa shape index (κ1) is 21.9. The van der Waals surface area contributed by atoms with Crippen molar-refractivity contribution in [1.29, 1.82) is 0 Å². The third-order valence-electron chi connectivity index (χ3n) is 3.68. The van der Waals surface area contributed by atoms with Gasteiger partial charge in [0.1, 0.15) is 11.0 Å². The number of halogens is 1. The maximum Gasteiger partial charge on any atom is 0.225 e. The van der Waals surface area contributed by atoms with Crippen LogP contribution in [0.5, 0.6) is 0 Å². The van der Waals surface area contributed by atoms with E-state index in [4.69, 9.17) is 0 Å². The normalized spacial score (nSPS) is 12.3. The topological polar surface area (TPSA) is 120 Å². The number of anilines is 4. The molecule has 0 bridgehead atoms. The molecular weight excluding hydrogens is 356 g/mol. The molecule has 1 atom stereocenters. The van der Waals surface area contributed by atoms with Crippen LogP contribution in [0.1, 0.15) is 34.1 Å². The van der Waals surface area contributed by atoms with Gasteiger partial charge < -0.3 is 26.4 Å². The molecule has 26 heavy (non-hydrogen) atoms. The fourth-order valence-corrected chi connectivity index (χ4v) is 2.13. The highest BCUT2D eigenvalue weighted by Gasteiger charge is 2.17. The summed E-state index contributed by atoms with van der Waals surface area (Å²) in [6, 6.07) is 0.258. The third-order valence-corrected chi connectivity index (χ3v) is 3.68. The smallest absolute Gasteiger partial charge is 0.225 e. The van der Waals surface area contributed by atoms with Crippen LogP contribution in [0.4, 0.5) is 23.5 Å². The summed E-state index contributed by atoms with van der Waals surface area (Å²) in [6.45, 7) is 7.93. The third kappa shape index (κ3) is 5.43. The summed E-state index contributed by atoms with van der Waals surface area (Å²) in [5.41, 5.74) is 0.362. The standard InChI is InChI=1S/C16H28N8O.ClH/c1-7-9(2)20-15-22-11-10(13(18-6)24-15)21-14(23-12(11)17-5)19-8-16(3,4)25;/h9,25H,7-8H2,1-6H3,(H2,17,19,21,23)(H2,18,20,22,24);1H/t9-;/m1./s1. The minimum absolute atomic E-state index is 0. The highest BCUT2D eigenvalue weighted by molar-refractivity contribution is 5.94. The predicted octanol–water partition coefficient (Wildman–Crippen LogP) is 2.32. The van der Waals surface area contributed by atoms with Crippen LogP contribution in [-0.2, 0) is 0 Å². The SMILES string of the molecule is CC[C@@H](C)Nc1nc(NC)c2nc(NCC(C)(C)O)nc(NC)c2n1.Cl. The Balaban J connectivity index is 0.00000338. The van der Waals surface area contributed by atoms with E-state index >= 15 is 0 Å². The van der Waals surface area contributed by atoms with E-state index < -0.39 is 5.60 Å². The van der Waals surface area contributed by atoms with Gasteiger partial charge in [-0.3, -0.25) is 0 Å². The zero-order valence-electron chi connectivity index (χ0n) is 16.1. The molecule has 0 amide bonds. The van der Waals surface area contributed by atoms with E-state index in [1.54, 1.807) is 27.9 Å². The lowest BCUT2D eigenvalue weighted by atomic mass is 10.1. The zero-order valence-corrected chi connectivity index (χ0v) is 17.0. The lowest BCUT2D eigenvalue weighted by Crippen LogP contribution is -2.30. The molecule has 0 saturated carbocycles. The van der Waals surface area contributed by atoms with Crippen molar-refractivity contribution in [3.05, 3.63) is 0 Å². The van der Waals surface area contributed by atoms with Crippen LogP contribution in [0.3, 0.4) is 0 Å². The molecule has 2 heterocycles. The summed E-state index contributed by atoms with van der Waals surface area (Å²) in [6.07, 6.45) is 0.964. The molecule has 0 aliphatic heterocycles. The first-order valence-electron chi connectivity index (χ1n) is 8.45. The second kappa shape index (κ2) is 9.00. The molecule has 0 unspecified atom stereocenters. The Morgan fingerprint density at radius 1 is 0.962 bits per heavy atom. The van der Waals surface area contributed by atoms with E-state index in [0.717, 1.165) is 6.42 Å². The molecule has 0 saturated heterocycles. The highest BCUT2D eigenvalue weighted by Crippen LogP contribution is 2.26.